The van der Waals surface area contributed by atoms with E-state index in [2.05, 4.69) is 4.99 Å². The van der Waals surface area contributed by atoms with Crippen molar-refractivity contribution in [1.82, 2.24) is 4.90 Å². The molecule has 22 heavy (non-hydrogen) atoms. The Labute approximate surface area is 135 Å². The zero-order valence-corrected chi connectivity index (χ0v) is 14.1. The molecule has 0 aliphatic carbocycles. The number of hydrogen-bond acceptors (Lipinski definition) is 4. The van der Waals surface area contributed by atoms with Crippen molar-refractivity contribution >= 4 is 28.6 Å². The van der Waals surface area contributed by atoms with Crippen molar-refractivity contribution in [3.05, 3.63) is 40.8 Å². The lowest BCUT2D eigenvalue weighted by Crippen LogP contribution is -2.08. The second-order valence-corrected chi connectivity index (χ2v) is 5.98. The Morgan fingerprint density at radius 1 is 1.32 bits per heavy atom. The summed E-state index contributed by atoms with van der Waals surface area (Å²) in [6, 6.07) is 8.09. The van der Waals surface area contributed by atoms with Crippen LogP contribution in [0.4, 0.5) is 5.00 Å². The van der Waals surface area contributed by atoms with Crippen molar-refractivity contribution in [3.63, 3.8) is 0 Å². The molecule has 0 aliphatic heterocycles. The summed E-state index contributed by atoms with van der Waals surface area (Å²) in [6.45, 7) is 4.19. The fraction of sp³-hybridized carbons (Fsp3) is 0.294. The smallest absolute Gasteiger partial charge is 0.341 e. The van der Waals surface area contributed by atoms with E-state index in [0.717, 1.165) is 11.1 Å². The number of benzene rings is 1. The highest BCUT2D eigenvalue weighted by Crippen LogP contribution is 2.38. The van der Waals surface area contributed by atoms with Gasteiger partial charge in [-0.3, -0.25) is 0 Å². The maximum atomic E-state index is 12.3. The van der Waals surface area contributed by atoms with Crippen LogP contribution in [0, 0.1) is 6.92 Å². The summed E-state index contributed by atoms with van der Waals surface area (Å²) in [7, 11) is 3.78. The fourth-order valence-electron chi connectivity index (χ4n) is 1.96. The number of rotatable bonds is 5. The van der Waals surface area contributed by atoms with E-state index in [-0.39, 0.29) is 5.97 Å². The first-order valence-corrected chi connectivity index (χ1v) is 7.97. The topological polar surface area (TPSA) is 41.9 Å². The summed E-state index contributed by atoms with van der Waals surface area (Å²) in [5.74, 6) is -0.328. The van der Waals surface area contributed by atoms with Gasteiger partial charge in [-0.15, -0.1) is 11.3 Å². The van der Waals surface area contributed by atoms with Crippen molar-refractivity contribution < 1.29 is 9.53 Å². The average molecular weight is 316 g/mol. The maximum Gasteiger partial charge on any atom is 0.341 e. The van der Waals surface area contributed by atoms with E-state index in [9.17, 15) is 4.79 Å². The van der Waals surface area contributed by atoms with Crippen molar-refractivity contribution in [2.45, 2.75) is 13.8 Å². The van der Waals surface area contributed by atoms with Gasteiger partial charge in [0.2, 0.25) is 0 Å². The van der Waals surface area contributed by atoms with E-state index in [0.29, 0.717) is 17.2 Å². The Balaban J connectivity index is 2.49. The third-order valence-corrected chi connectivity index (χ3v) is 3.91. The number of carbonyl (C=O) groups excluding carboxylic acids is 1. The molecule has 0 radical (unpaired) electrons. The highest BCUT2D eigenvalue weighted by molar-refractivity contribution is 7.14. The fourth-order valence-corrected chi connectivity index (χ4v) is 2.86. The number of aryl methyl sites for hydroxylation is 1. The SMILES string of the molecule is CCOC(=O)c1c(-c2ccc(C)cc2)csc1N=CN(C)C. The van der Waals surface area contributed by atoms with Gasteiger partial charge in [-0.05, 0) is 19.4 Å². The summed E-state index contributed by atoms with van der Waals surface area (Å²) in [4.78, 5) is 18.6. The Bertz CT molecular complexity index is 672. The van der Waals surface area contributed by atoms with Gasteiger partial charge in [-0.2, -0.15) is 0 Å². The molecule has 116 valence electrons. The zero-order chi connectivity index (χ0) is 16.1. The van der Waals surface area contributed by atoms with Crippen LogP contribution in [0.5, 0.6) is 0 Å². The van der Waals surface area contributed by atoms with Crippen LogP contribution in [0.15, 0.2) is 34.6 Å². The summed E-state index contributed by atoms with van der Waals surface area (Å²) in [5, 5.41) is 2.63. The highest BCUT2D eigenvalue weighted by atomic mass is 32.1. The number of carbonyl (C=O) groups is 1. The van der Waals surface area contributed by atoms with Gasteiger partial charge in [0, 0.05) is 25.0 Å². The van der Waals surface area contributed by atoms with Crippen LogP contribution in [0.3, 0.4) is 0 Å². The number of hydrogen-bond donors (Lipinski definition) is 0. The predicted octanol–water partition coefficient (Wildman–Crippen LogP) is 4.12. The molecule has 0 atom stereocenters. The molecule has 0 bridgehead atoms. The van der Waals surface area contributed by atoms with Gasteiger partial charge < -0.3 is 9.64 Å². The van der Waals surface area contributed by atoms with Crippen molar-refractivity contribution in [2.75, 3.05) is 20.7 Å². The molecule has 4 nitrogen and oxygen atoms in total. The van der Waals surface area contributed by atoms with Crippen LogP contribution in [0.2, 0.25) is 0 Å². The van der Waals surface area contributed by atoms with Gasteiger partial charge >= 0.3 is 5.97 Å². The predicted molar refractivity (Wildman–Crippen MR) is 92.3 cm³/mol. The number of ether oxygens (including phenoxy) is 1. The molecule has 5 heteroatoms. The molecule has 1 aromatic carbocycles. The third kappa shape index (κ3) is 3.74. The molecule has 0 amide bonds. The van der Waals surface area contributed by atoms with E-state index in [1.54, 1.807) is 13.3 Å². The van der Waals surface area contributed by atoms with Gasteiger partial charge in [0.1, 0.15) is 10.6 Å². The minimum atomic E-state index is -0.328. The molecular weight excluding hydrogens is 296 g/mol. The number of aliphatic imine (C=N–C) groups is 1. The standard InChI is InChI=1S/C17H20N2O2S/c1-5-21-17(20)15-14(13-8-6-12(2)7-9-13)10-22-16(15)18-11-19(3)4/h6-11H,5H2,1-4H3. The Hall–Kier alpha value is -2.14. The van der Waals surface area contributed by atoms with Gasteiger partial charge in [0.25, 0.3) is 0 Å². The molecule has 2 rings (SSSR count). The molecule has 0 saturated carbocycles. The number of thiophene rings is 1. The number of esters is 1. The molecular formula is C17H20N2O2S. The second kappa shape index (κ2) is 7.22. The van der Waals surface area contributed by atoms with Crippen LogP contribution in [-0.2, 0) is 4.74 Å². The van der Waals surface area contributed by atoms with E-state index in [1.807, 2.05) is 55.6 Å². The molecule has 0 fully saturated rings. The summed E-state index contributed by atoms with van der Waals surface area (Å²) < 4.78 is 5.20. The highest BCUT2D eigenvalue weighted by Gasteiger charge is 2.21. The van der Waals surface area contributed by atoms with Crippen LogP contribution in [0.25, 0.3) is 11.1 Å². The van der Waals surface area contributed by atoms with E-state index in [1.165, 1.54) is 16.9 Å². The second-order valence-electron chi connectivity index (χ2n) is 5.12. The van der Waals surface area contributed by atoms with Gasteiger partial charge in [0.05, 0.1) is 12.9 Å². The molecule has 0 unspecified atom stereocenters. The molecule has 0 spiro atoms. The first-order chi connectivity index (χ1) is 10.5. The van der Waals surface area contributed by atoms with Crippen molar-refractivity contribution in [1.29, 1.82) is 0 Å². The molecule has 0 N–H and O–H groups in total. The monoisotopic (exact) mass is 316 g/mol. The van der Waals surface area contributed by atoms with Gasteiger partial charge in [-0.25, -0.2) is 9.79 Å². The maximum absolute atomic E-state index is 12.3. The Morgan fingerprint density at radius 2 is 2.00 bits per heavy atom. The molecule has 0 aliphatic rings. The van der Waals surface area contributed by atoms with Crippen LogP contribution >= 0.6 is 11.3 Å². The van der Waals surface area contributed by atoms with Crippen LogP contribution in [-0.4, -0.2) is 37.9 Å². The van der Waals surface area contributed by atoms with Gasteiger partial charge in [0.15, 0.2) is 0 Å². The lowest BCUT2D eigenvalue weighted by molar-refractivity contribution is 0.0529. The Kier molecular flexibility index (Phi) is 5.33. The minimum absolute atomic E-state index is 0.328. The average Bonchev–Trinajstić information content (AvgIpc) is 2.90. The molecule has 1 heterocycles. The van der Waals surface area contributed by atoms with E-state index in [4.69, 9.17) is 4.74 Å². The molecule has 0 saturated heterocycles. The van der Waals surface area contributed by atoms with Crippen LogP contribution < -0.4 is 0 Å². The van der Waals surface area contributed by atoms with Crippen molar-refractivity contribution in [3.8, 4) is 11.1 Å². The minimum Gasteiger partial charge on any atom is -0.462 e. The summed E-state index contributed by atoms with van der Waals surface area (Å²) in [5.41, 5.74) is 3.59. The summed E-state index contributed by atoms with van der Waals surface area (Å²) >= 11 is 1.45. The first-order valence-electron chi connectivity index (χ1n) is 7.09. The first kappa shape index (κ1) is 16.2. The Morgan fingerprint density at radius 3 is 2.59 bits per heavy atom. The van der Waals surface area contributed by atoms with Gasteiger partial charge in [-0.1, -0.05) is 29.8 Å². The van der Waals surface area contributed by atoms with Crippen LogP contribution in [0.1, 0.15) is 22.8 Å². The normalized spacial score (nSPS) is 10.9. The lowest BCUT2D eigenvalue weighted by atomic mass is 10.0. The van der Waals surface area contributed by atoms with E-state index < -0.39 is 0 Å². The molecule has 2 aromatic rings. The summed E-state index contributed by atoms with van der Waals surface area (Å²) in [6.07, 6.45) is 1.69. The van der Waals surface area contributed by atoms with Crippen molar-refractivity contribution in [2.24, 2.45) is 4.99 Å². The largest absolute Gasteiger partial charge is 0.462 e. The zero-order valence-electron chi connectivity index (χ0n) is 13.3. The van der Waals surface area contributed by atoms with E-state index >= 15 is 0 Å². The molecule has 1 aromatic heterocycles. The lowest BCUT2D eigenvalue weighted by Gasteiger charge is -2.07. The third-order valence-electron chi connectivity index (χ3n) is 3.02. The quantitative estimate of drug-likeness (QED) is 0.473. The number of nitrogens with zero attached hydrogens (tertiary/aromatic N) is 2.